The van der Waals surface area contributed by atoms with E-state index in [9.17, 15) is 4.79 Å². The molecule has 2 N–H and O–H groups in total. The molecule has 3 aromatic rings. The van der Waals surface area contributed by atoms with E-state index in [0.717, 1.165) is 24.2 Å². The average Bonchev–Trinajstić information content (AvgIpc) is 3.32. The van der Waals surface area contributed by atoms with E-state index in [1.807, 2.05) is 42.5 Å². The second-order valence-corrected chi connectivity index (χ2v) is 5.33. The lowest BCUT2D eigenvalue weighted by molar-refractivity contribution is 0.927. The summed E-state index contributed by atoms with van der Waals surface area (Å²) >= 11 is 0. The summed E-state index contributed by atoms with van der Waals surface area (Å²) < 4.78 is 1.53. The van der Waals surface area contributed by atoms with Gasteiger partial charge in [-0.3, -0.25) is 0 Å². The number of nitrogens with two attached hydrogens (primary N) is 1. The summed E-state index contributed by atoms with van der Waals surface area (Å²) in [4.78, 5) is 20.9. The highest BCUT2D eigenvalue weighted by Gasteiger charge is 2.25. The van der Waals surface area contributed by atoms with Gasteiger partial charge in [-0.1, -0.05) is 18.2 Å². The summed E-state index contributed by atoms with van der Waals surface area (Å²) in [5.74, 6) is 0.750. The van der Waals surface area contributed by atoms with Gasteiger partial charge in [0, 0.05) is 11.6 Å². The summed E-state index contributed by atoms with van der Waals surface area (Å²) in [6.45, 7) is 0. The highest BCUT2D eigenvalue weighted by molar-refractivity contribution is 5.86. The first kappa shape index (κ1) is 12.1. The first-order chi connectivity index (χ1) is 10.2. The summed E-state index contributed by atoms with van der Waals surface area (Å²) in [7, 11) is 0. The fourth-order valence-electron chi connectivity index (χ4n) is 2.55. The summed E-state index contributed by atoms with van der Waals surface area (Å²) in [6, 6.07) is 13.3. The number of fused-ring (bicyclic) bond motifs is 1. The Balaban J connectivity index is 2.08. The first-order valence-corrected chi connectivity index (χ1v) is 6.98. The van der Waals surface area contributed by atoms with Gasteiger partial charge in [0.25, 0.3) is 0 Å². The van der Waals surface area contributed by atoms with Crippen molar-refractivity contribution in [3.63, 3.8) is 0 Å². The summed E-state index contributed by atoms with van der Waals surface area (Å²) in [5, 5.41) is 0.711. The molecule has 0 unspecified atom stereocenters. The van der Waals surface area contributed by atoms with Crippen LogP contribution < -0.4 is 11.4 Å². The van der Waals surface area contributed by atoms with E-state index >= 15 is 0 Å². The van der Waals surface area contributed by atoms with Crippen LogP contribution in [0.5, 0.6) is 0 Å². The maximum absolute atomic E-state index is 12.3. The number of hydrogen-bond acceptors (Lipinski definition) is 4. The molecule has 5 nitrogen and oxygen atoms in total. The fraction of sp³-hybridized carbons (Fsp3) is 0.188. The lowest BCUT2D eigenvalue weighted by Gasteiger charge is -2.11. The Hall–Kier alpha value is -2.69. The predicted molar refractivity (Wildman–Crippen MR) is 81.5 cm³/mol. The van der Waals surface area contributed by atoms with Gasteiger partial charge in [0.1, 0.15) is 5.82 Å². The van der Waals surface area contributed by atoms with Crippen LogP contribution in [0, 0.1) is 0 Å². The first-order valence-electron chi connectivity index (χ1n) is 6.98. The van der Waals surface area contributed by atoms with Crippen LogP contribution in [0.4, 0.5) is 5.82 Å². The van der Waals surface area contributed by atoms with Crippen molar-refractivity contribution < 1.29 is 0 Å². The number of pyridine rings is 1. The third kappa shape index (κ3) is 1.98. The monoisotopic (exact) mass is 278 g/mol. The quantitative estimate of drug-likeness (QED) is 0.780. The smallest absolute Gasteiger partial charge is 0.355 e. The Morgan fingerprint density at radius 3 is 2.52 bits per heavy atom. The molecular formula is C16H14N4O. The molecule has 21 heavy (non-hydrogen) atoms. The van der Waals surface area contributed by atoms with E-state index in [1.54, 1.807) is 0 Å². The number of hydrogen-bond donors (Lipinski definition) is 1. The molecule has 0 saturated heterocycles. The molecule has 0 bridgehead atoms. The van der Waals surface area contributed by atoms with Crippen LogP contribution in [0.2, 0.25) is 0 Å². The van der Waals surface area contributed by atoms with E-state index in [-0.39, 0.29) is 5.82 Å². The number of rotatable bonds is 2. The van der Waals surface area contributed by atoms with Crippen molar-refractivity contribution in [1.29, 1.82) is 0 Å². The number of nitrogens with zero attached hydrogens (tertiary/aromatic N) is 3. The highest BCUT2D eigenvalue weighted by atomic mass is 16.1. The molecule has 1 aromatic carbocycles. The zero-order valence-electron chi connectivity index (χ0n) is 11.4. The van der Waals surface area contributed by atoms with Crippen molar-refractivity contribution in [2.45, 2.75) is 18.8 Å². The molecule has 1 fully saturated rings. The minimum absolute atomic E-state index is 0.233. The summed E-state index contributed by atoms with van der Waals surface area (Å²) in [6.07, 6.45) is 2.32. The number of nitrogen functional groups attached to an aromatic ring is 1. The number of para-hydroxylation sites is 1. The molecule has 1 saturated carbocycles. The number of anilines is 1. The fourth-order valence-corrected chi connectivity index (χ4v) is 2.55. The highest BCUT2D eigenvalue weighted by Crippen LogP contribution is 2.39. The molecule has 0 spiro atoms. The van der Waals surface area contributed by atoms with Crippen molar-refractivity contribution >= 4 is 16.9 Å². The zero-order chi connectivity index (χ0) is 14.4. The van der Waals surface area contributed by atoms with Crippen molar-refractivity contribution in [2.75, 3.05) is 5.73 Å². The van der Waals surface area contributed by atoms with Gasteiger partial charge in [0.15, 0.2) is 5.65 Å². The molecule has 1 aliphatic rings. The molecule has 0 radical (unpaired) electrons. The van der Waals surface area contributed by atoms with Gasteiger partial charge in [-0.25, -0.2) is 14.3 Å². The lowest BCUT2D eigenvalue weighted by Crippen LogP contribution is -2.24. The Bertz CT molecular complexity index is 882. The number of benzene rings is 1. The van der Waals surface area contributed by atoms with Gasteiger partial charge in [-0.05, 0) is 37.1 Å². The van der Waals surface area contributed by atoms with Crippen molar-refractivity contribution in [3.8, 4) is 5.69 Å². The Morgan fingerprint density at radius 1 is 1.05 bits per heavy atom. The zero-order valence-corrected chi connectivity index (χ0v) is 11.4. The molecule has 1 aliphatic carbocycles. The van der Waals surface area contributed by atoms with Crippen LogP contribution in [0.25, 0.3) is 16.7 Å². The summed E-state index contributed by atoms with van der Waals surface area (Å²) in [5.41, 5.74) is 7.85. The molecule has 104 valence electrons. The minimum Gasteiger partial charge on any atom is -0.383 e. The SMILES string of the molecule is Nc1nc(=O)n(-c2ccccc2)c2nc(C3CC3)ccc12. The third-order valence-electron chi connectivity index (χ3n) is 3.80. The van der Waals surface area contributed by atoms with Gasteiger partial charge in [-0.15, -0.1) is 0 Å². The van der Waals surface area contributed by atoms with Crippen LogP contribution in [0.1, 0.15) is 24.5 Å². The van der Waals surface area contributed by atoms with Crippen molar-refractivity contribution in [2.24, 2.45) is 0 Å². The van der Waals surface area contributed by atoms with Crippen LogP contribution in [0.15, 0.2) is 47.3 Å². The molecular weight excluding hydrogens is 264 g/mol. The van der Waals surface area contributed by atoms with Gasteiger partial charge in [0.2, 0.25) is 0 Å². The molecule has 4 rings (SSSR count). The maximum Gasteiger partial charge on any atom is 0.355 e. The Kier molecular flexibility index (Phi) is 2.54. The normalized spacial score (nSPS) is 14.5. The van der Waals surface area contributed by atoms with Crippen LogP contribution in [-0.2, 0) is 0 Å². The van der Waals surface area contributed by atoms with Crippen LogP contribution in [0.3, 0.4) is 0 Å². The van der Waals surface area contributed by atoms with Gasteiger partial charge in [-0.2, -0.15) is 4.98 Å². The van der Waals surface area contributed by atoms with Crippen molar-refractivity contribution in [1.82, 2.24) is 14.5 Å². The molecule has 0 amide bonds. The van der Waals surface area contributed by atoms with Gasteiger partial charge < -0.3 is 5.73 Å². The third-order valence-corrected chi connectivity index (χ3v) is 3.80. The topological polar surface area (TPSA) is 73.8 Å². The predicted octanol–water partition coefficient (Wildman–Crippen LogP) is 2.24. The van der Waals surface area contributed by atoms with E-state index in [2.05, 4.69) is 9.97 Å². The standard InChI is InChI=1S/C16H14N4O/c17-14-12-8-9-13(10-6-7-10)18-15(12)20(16(21)19-14)11-4-2-1-3-5-11/h1-5,8-10H,6-7H2,(H2,17,19,21). The van der Waals surface area contributed by atoms with E-state index in [4.69, 9.17) is 5.73 Å². The second kappa shape index (κ2) is 4.41. The number of aromatic nitrogens is 3. The molecule has 0 aliphatic heterocycles. The molecule has 5 heteroatoms. The molecule has 2 aromatic heterocycles. The molecule has 0 atom stereocenters. The van der Waals surface area contributed by atoms with E-state index in [0.29, 0.717) is 17.0 Å². The Labute approximate surface area is 121 Å². The maximum atomic E-state index is 12.3. The van der Waals surface area contributed by atoms with Crippen molar-refractivity contribution in [3.05, 3.63) is 58.6 Å². The average molecular weight is 278 g/mol. The largest absolute Gasteiger partial charge is 0.383 e. The van der Waals surface area contributed by atoms with Crippen LogP contribution in [-0.4, -0.2) is 14.5 Å². The van der Waals surface area contributed by atoms with E-state index in [1.165, 1.54) is 4.57 Å². The lowest BCUT2D eigenvalue weighted by atomic mass is 10.2. The van der Waals surface area contributed by atoms with E-state index < -0.39 is 5.69 Å². The second-order valence-electron chi connectivity index (χ2n) is 5.33. The van der Waals surface area contributed by atoms with Crippen LogP contribution >= 0.6 is 0 Å². The minimum atomic E-state index is -0.397. The van der Waals surface area contributed by atoms with Gasteiger partial charge in [0.05, 0.1) is 11.1 Å². The van der Waals surface area contributed by atoms with Gasteiger partial charge >= 0.3 is 5.69 Å². The molecule has 2 heterocycles. The Morgan fingerprint density at radius 2 is 1.81 bits per heavy atom.